The Kier molecular flexibility index (Phi) is 4.02. The molecule has 2 heterocycles. The second-order valence-electron chi connectivity index (χ2n) is 5.53. The van der Waals surface area contributed by atoms with Gasteiger partial charge in [0.25, 0.3) is 0 Å². The lowest BCUT2D eigenvalue weighted by molar-refractivity contribution is 0.238. The Labute approximate surface area is 128 Å². The van der Waals surface area contributed by atoms with Crippen molar-refractivity contribution >= 4 is 26.9 Å². The van der Waals surface area contributed by atoms with Crippen molar-refractivity contribution in [3.63, 3.8) is 0 Å². The number of aromatic nitrogens is 2. The van der Waals surface area contributed by atoms with Gasteiger partial charge in [0.1, 0.15) is 5.82 Å². The summed E-state index contributed by atoms with van der Waals surface area (Å²) in [5, 5.41) is 5.42. The van der Waals surface area contributed by atoms with Crippen LogP contribution >= 0.6 is 0 Å². The predicted octanol–water partition coefficient (Wildman–Crippen LogP) is 0.797. The number of nitrogens with one attached hydrogen (secondary N) is 3. The zero-order valence-corrected chi connectivity index (χ0v) is 12.8. The predicted molar refractivity (Wildman–Crippen MR) is 83.1 cm³/mol. The molecule has 2 aromatic rings. The zero-order valence-electron chi connectivity index (χ0n) is 12.0. The quantitative estimate of drug-likeness (QED) is 0.774. The number of sulfone groups is 1. The van der Waals surface area contributed by atoms with Gasteiger partial charge in [-0.1, -0.05) is 12.1 Å². The molecule has 7 nitrogen and oxygen atoms in total. The van der Waals surface area contributed by atoms with E-state index in [-0.39, 0.29) is 23.5 Å². The average Bonchev–Trinajstić information content (AvgIpc) is 3.05. The number of H-pyrrole nitrogens is 1. The molecule has 1 aromatic heterocycles. The van der Waals surface area contributed by atoms with Gasteiger partial charge in [0, 0.05) is 6.54 Å². The molecule has 1 aromatic carbocycles. The number of hydrogen-bond donors (Lipinski definition) is 3. The molecule has 0 unspecified atom stereocenters. The van der Waals surface area contributed by atoms with Crippen molar-refractivity contribution in [2.45, 2.75) is 13.0 Å². The van der Waals surface area contributed by atoms with Crippen LogP contribution in [0.1, 0.15) is 12.2 Å². The van der Waals surface area contributed by atoms with Crippen LogP contribution in [0.3, 0.4) is 0 Å². The summed E-state index contributed by atoms with van der Waals surface area (Å²) in [6.07, 6.45) is 0.617. The van der Waals surface area contributed by atoms with Crippen LogP contribution < -0.4 is 10.6 Å². The van der Waals surface area contributed by atoms with Crippen LogP contribution in [0.15, 0.2) is 24.3 Å². The molecule has 3 N–H and O–H groups in total. The number of para-hydroxylation sites is 2. The SMILES string of the molecule is O=C(NCc1nc2ccccc2[nH]1)NC[C@@H]1CCS(=O)(=O)C1. The average molecular weight is 322 g/mol. The number of aromatic amines is 1. The number of amides is 2. The molecular formula is C14H18N4O3S. The Bertz CT molecular complexity index is 751. The van der Waals surface area contributed by atoms with Gasteiger partial charge >= 0.3 is 6.03 Å². The number of nitrogens with zero attached hydrogens (tertiary/aromatic N) is 1. The van der Waals surface area contributed by atoms with Crippen LogP contribution in [0.2, 0.25) is 0 Å². The van der Waals surface area contributed by atoms with Crippen LogP contribution in [0.25, 0.3) is 11.0 Å². The molecule has 0 saturated carbocycles. The molecule has 2 amide bonds. The van der Waals surface area contributed by atoms with Gasteiger partial charge in [-0.3, -0.25) is 0 Å². The summed E-state index contributed by atoms with van der Waals surface area (Å²) >= 11 is 0. The highest BCUT2D eigenvalue weighted by atomic mass is 32.2. The molecule has 1 aliphatic heterocycles. The molecule has 1 fully saturated rings. The first-order valence-corrected chi connectivity index (χ1v) is 9.00. The largest absolute Gasteiger partial charge is 0.340 e. The smallest absolute Gasteiger partial charge is 0.315 e. The second kappa shape index (κ2) is 5.96. The van der Waals surface area contributed by atoms with Crippen molar-refractivity contribution in [3.8, 4) is 0 Å². The molecule has 22 heavy (non-hydrogen) atoms. The normalized spacial score (nSPS) is 20.1. The summed E-state index contributed by atoms with van der Waals surface area (Å²) in [5.74, 6) is 1.08. The number of imidazole rings is 1. The third kappa shape index (κ3) is 3.56. The minimum Gasteiger partial charge on any atom is -0.340 e. The van der Waals surface area contributed by atoms with Gasteiger partial charge in [-0.25, -0.2) is 18.2 Å². The highest BCUT2D eigenvalue weighted by Crippen LogP contribution is 2.17. The van der Waals surface area contributed by atoms with Crippen LogP contribution in [0.5, 0.6) is 0 Å². The first kappa shape index (κ1) is 14.8. The summed E-state index contributed by atoms with van der Waals surface area (Å²) < 4.78 is 22.7. The zero-order chi connectivity index (χ0) is 15.6. The van der Waals surface area contributed by atoms with E-state index in [2.05, 4.69) is 20.6 Å². The molecule has 3 rings (SSSR count). The maximum Gasteiger partial charge on any atom is 0.315 e. The lowest BCUT2D eigenvalue weighted by Crippen LogP contribution is -2.38. The minimum atomic E-state index is -2.90. The molecule has 8 heteroatoms. The molecule has 1 aliphatic rings. The maximum absolute atomic E-state index is 11.7. The number of carbonyl (C=O) groups is 1. The van der Waals surface area contributed by atoms with Crippen molar-refractivity contribution in [3.05, 3.63) is 30.1 Å². The fourth-order valence-corrected chi connectivity index (χ4v) is 4.45. The molecule has 0 bridgehead atoms. The molecule has 0 spiro atoms. The van der Waals surface area contributed by atoms with E-state index in [4.69, 9.17) is 0 Å². The minimum absolute atomic E-state index is 0.0157. The van der Waals surface area contributed by atoms with Crippen molar-refractivity contribution in [2.75, 3.05) is 18.1 Å². The van der Waals surface area contributed by atoms with Gasteiger partial charge in [-0.05, 0) is 24.5 Å². The Morgan fingerprint density at radius 3 is 2.86 bits per heavy atom. The Hall–Kier alpha value is -2.09. The number of benzene rings is 1. The number of carbonyl (C=O) groups excluding carboxylic acids is 1. The Morgan fingerprint density at radius 2 is 2.14 bits per heavy atom. The van der Waals surface area contributed by atoms with Crippen LogP contribution in [-0.2, 0) is 16.4 Å². The van der Waals surface area contributed by atoms with Gasteiger partial charge in [0.05, 0.1) is 29.1 Å². The summed E-state index contributed by atoms with van der Waals surface area (Å²) in [5.41, 5.74) is 1.78. The molecular weight excluding hydrogens is 304 g/mol. The number of rotatable bonds is 4. The Balaban J connectivity index is 1.46. The summed E-state index contributed by atoms with van der Waals surface area (Å²) in [7, 11) is -2.90. The molecule has 0 radical (unpaired) electrons. The molecule has 1 atom stereocenters. The Morgan fingerprint density at radius 1 is 1.32 bits per heavy atom. The first-order chi connectivity index (χ1) is 10.5. The lowest BCUT2D eigenvalue weighted by Gasteiger charge is -2.10. The maximum atomic E-state index is 11.7. The number of hydrogen-bond acceptors (Lipinski definition) is 4. The third-order valence-electron chi connectivity index (χ3n) is 3.73. The fraction of sp³-hybridized carbons (Fsp3) is 0.429. The third-order valence-corrected chi connectivity index (χ3v) is 5.57. The van der Waals surface area contributed by atoms with E-state index in [0.717, 1.165) is 11.0 Å². The summed E-state index contributed by atoms with van der Waals surface area (Å²) in [6, 6.07) is 7.33. The summed E-state index contributed by atoms with van der Waals surface area (Å²) in [4.78, 5) is 19.2. The second-order valence-corrected chi connectivity index (χ2v) is 7.76. The topological polar surface area (TPSA) is 104 Å². The van der Waals surface area contributed by atoms with Crippen molar-refractivity contribution in [1.29, 1.82) is 0 Å². The van der Waals surface area contributed by atoms with E-state index in [1.807, 2.05) is 24.3 Å². The van der Waals surface area contributed by atoms with Crippen LogP contribution in [0.4, 0.5) is 4.79 Å². The standard InChI is InChI=1S/C14H18N4O3S/c19-14(15-7-10-5-6-22(20,21)9-10)16-8-13-17-11-3-1-2-4-12(11)18-13/h1-4,10H,5-9H2,(H,17,18)(H2,15,16,19)/t10-/m0/s1. The van der Waals surface area contributed by atoms with Gasteiger partial charge in [-0.2, -0.15) is 0 Å². The summed E-state index contributed by atoms with van der Waals surface area (Å²) in [6.45, 7) is 0.675. The van der Waals surface area contributed by atoms with Crippen LogP contribution in [0, 0.1) is 5.92 Å². The monoisotopic (exact) mass is 322 g/mol. The highest BCUT2D eigenvalue weighted by molar-refractivity contribution is 7.91. The molecule has 118 valence electrons. The molecule has 0 aliphatic carbocycles. The van der Waals surface area contributed by atoms with E-state index in [1.165, 1.54) is 0 Å². The van der Waals surface area contributed by atoms with Crippen molar-refractivity contribution in [2.24, 2.45) is 5.92 Å². The number of urea groups is 1. The fourth-order valence-electron chi connectivity index (χ4n) is 2.59. The van der Waals surface area contributed by atoms with Gasteiger partial charge in [0.2, 0.25) is 0 Å². The van der Waals surface area contributed by atoms with Gasteiger partial charge in [-0.15, -0.1) is 0 Å². The lowest BCUT2D eigenvalue weighted by atomic mass is 10.1. The van der Waals surface area contributed by atoms with Gasteiger partial charge < -0.3 is 15.6 Å². The number of fused-ring (bicyclic) bond motifs is 1. The molecule has 1 saturated heterocycles. The van der Waals surface area contributed by atoms with E-state index >= 15 is 0 Å². The van der Waals surface area contributed by atoms with Crippen molar-refractivity contribution < 1.29 is 13.2 Å². The van der Waals surface area contributed by atoms with Crippen LogP contribution in [-0.4, -0.2) is 42.5 Å². The van der Waals surface area contributed by atoms with E-state index < -0.39 is 9.84 Å². The van der Waals surface area contributed by atoms with E-state index in [0.29, 0.717) is 25.3 Å². The van der Waals surface area contributed by atoms with E-state index in [9.17, 15) is 13.2 Å². The van der Waals surface area contributed by atoms with Crippen molar-refractivity contribution in [1.82, 2.24) is 20.6 Å². The first-order valence-electron chi connectivity index (χ1n) is 7.17. The van der Waals surface area contributed by atoms with E-state index in [1.54, 1.807) is 0 Å². The van der Waals surface area contributed by atoms with Gasteiger partial charge in [0.15, 0.2) is 9.84 Å². The highest BCUT2D eigenvalue weighted by Gasteiger charge is 2.27.